The molecule has 6 nitrogen and oxygen atoms in total. The number of benzene rings is 1. The normalized spacial score (nSPS) is 12.5. The lowest BCUT2D eigenvalue weighted by atomic mass is 10.2. The fourth-order valence-corrected chi connectivity index (χ4v) is 2.35. The number of anilines is 1. The van der Waals surface area contributed by atoms with Crippen LogP contribution >= 0.6 is 0 Å². The number of nitrogens with one attached hydrogen (secondary N) is 1. The van der Waals surface area contributed by atoms with Crippen LogP contribution in [0.2, 0.25) is 0 Å². The highest BCUT2D eigenvalue weighted by Gasteiger charge is 2.28. The number of halogens is 3. The second-order valence-electron chi connectivity index (χ2n) is 4.27. The van der Waals surface area contributed by atoms with Gasteiger partial charge in [0.15, 0.2) is 0 Å². The minimum atomic E-state index is -4.52. The molecule has 0 amide bonds. The average Bonchev–Trinajstić information content (AvgIpc) is 2.34. The Morgan fingerprint density at radius 2 is 1.90 bits per heavy atom. The van der Waals surface area contributed by atoms with Gasteiger partial charge < -0.3 is 10.4 Å². The summed E-state index contributed by atoms with van der Waals surface area (Å²) in [5.41, 5.74) is -0.861. The number of sulfonamides is 1. The number of nitrogens with zero attached hydrogens (tertiary/aromatic N) is 1. The van der Waals surface area contributed by atoms with Crippen molar-refractivity contribution in [3.63, 3.8) is 0 Å². The maximum absolute atomic E-state index is 12.1. The highest BCUT2D eigenvalue weighted by atomic mass is 32.2. The molecule has 0 aliphatic heterocycles. The van der Waals surface area contributed by atoms with Crippen LogP contribution in [0.25, 0.3) is 0 Å². The number of aromatic carboxylic acids is 1. The number of alkyl halides is 3. The highest BCUT2D eigenvalue weighted by Crippen LogP contribution is 2.24. The van der Waals surface area contributed by atoms with Crippen LogP contribution in [0.5, 0.6) is 0 Å². The fourth-order valence-electron chi connectivity index (χ4n) is 1.42. The lowest BCUT2D eigenvalue weighted by Gasteiger charge is -2.15. The largest absolute Gasteiger partial charge is 0.478 e. The fraction of sp³-hybridized carbons (Fsp3) is 0.364. The molecule has 0 atom stereocenters. The zero-order chi connectivity index (χ0) is 16.4. The molecule has 1 aromatic rings. The van der Waals surface area contributed by atoms with Crippen molar-refractivity contribution in [3.8, 4) is 0 Å². The first-order valence-electron chi connectivity index (χ1n) is 5.55. The van der Waals surface area contributed by atoms with E-state index in [-0.39, 0.29) is 10.6 Å². The zero-order valence-corrected chi connectivity index (χ0v) is 11.9. The van der Waals surface area contributed by atoms with Crippen LogP contribution in [0.4, 0.5) is 18.9 Å². The van der Waals surface area contributed by atoms with Gasteiger partial charge in [0.1, 0.15) is 6.54 Å². The molecule has 0 fully saturated rings. The van der Waals surface area contributed by atoms with E-state index in [0.29, 0.717) is 0 Å². The Morgan fingerprint density at radius 3 is 2.33 bits per heavy atom. The van der Waals surface area contributed by atoms with Crippen LogP contribution in [0.3, 0.4) is 0 Å². The van der Waals surface area contributed by atoms with E-state index in [1.54, 1.807) is 0 Å². The van der Waals surface area contributed by atoms with Gasteiger partial charge >= 0.3 is 12.1 Å². The minimum absolute atomic E-state index is 0.308. The molecule has 0 bridgehead atoms. The Kier molecular flexibility index (Phi) is 4.84. The summed E-state index contributed by atoms with van der Waals surface area (Å²) in [6.45, 7) is -1.42. The summed E-state index contributed by atoms with van der Waals surface area (Å²) in [5, 5.41) is 10.9. The van der Waals surface area contributed by atoms with Crippen LogP contribution in [0.1, 0.15) is 10.4 Å². The number of carbonyl (C=O) groups is 1. The minimum Gasteiger partial charge on any atom is -0.478 e. The van der Waals surface area contributed by atoms with Crippen molar-refractivity contribution in [2.45, 2.75) is 11.1 Å². The molecule has 2 N–H and O–H groups in total. The van der Waals surface area contributed by atoms with Gasteiger partial charge in [-0.15, -0.1) is 0 Å². The van der Waals surface area contributed by atoms with E-state index in [9.17, 15) is 26.4 Å². The molecular weight excluding hydrogens is 313 g/mol. The predicted octanol–water partition coefficient (Wildman–Crippen LogP) is 1.61. The molecule has 0 radical (unpaired) electrons. The maximum atomic E-state index is 12.1. The van der Waals surface area contributed by atoms with Gasteiger partial charge in [-0.05, 0) is 18.2 Å². The topological polar surface area (TPSA) is 86.7 Å². The smallest absolute Gasteiger partial charge is 0.405 e. The molecule has 0 aliphatic rings. The van der Waals surface area contributed by atoms with E-state index < -0.39 is 34.3 Å². The summed E-state index contributed by atoms with van der Waals surface area (Å²) >= 11 is 0. The van der Waals surface area contributed by atoms with Gasteiger partial charge in [0, 0.05) is 19.8 Å². The number of carboxylic acid groups (broad SMARTS) is 1. The summed E-state index contributed by atoms with van der Waals surface area (Å²) in [4.78, 5) is 10.7. The van der Waals surface area contributed by atoms with Crippen molar-refractivity contribution in [3.05, 3.63) is 23.8 Å². The lowest BCUT2D eigenvalue weighted by Crippen LogP contribution is -2.24. The molecule has 0 spiro atoms. The summed E-state index contributed by atoms with van der Waals surface area (Å²) in [5.74, 6) is -1.53. The van der Waals surface area contributed by atoms with Crippen molar-refractivity contribution >= 4 is 21.7 Å². The third-order valence-corrected chi connectivity index (χ3v) is 4.29. The van der Waals surface area contributed by atoms with E-state index >= 15 is 0 Å². The van der Waals surface area contributed by atoms with Crippen LogP contribution in [-0.2, 0) is 10.0 Å². The molecule has 0 saturated carbocycles. The first-order valence-corrected chi connectivity index (χ1v) is 6.99. The Hall–Kier alpha value is -1.81. The molecule has 21 heavy (non-hydrogen) atoms. The van der Waals surface area contributed by atoms with E-state index in [2.05, 4.69) is 0 Å². The Bertz CT molecular complexity index is 641. The maximum Gasteiger partial charge on any atom is 0.405 e. The van der Waals surface area contributed by atoms with E-state index in [1.807, 2.05) is 5.32 Å². The molecule has 0 aromatic heterocycles. The molecular formula is C11H13F3N2O4S. The molecule has 0 unspecified atom stereocenters. The van der Waals surface area contributed by atoms with Crippen molar-refractivity contribution < 1.29 is 31.5 Å². The zero-order valence-electron chi connectivity index (χ0n) is 11.1. The Morgan fingerprint density at radius 1 is 1.33 bits per heavy atom. The summed E-state index contributed by atoms with van der Waals surface area (Å²) in [6.07, 6.45) is -4.52. The summed E-state index contributed by atoms with van der Waals surface area (Å²) in [6, 6.07) is 2.85. The number of hydrogen-bond acceptors (Lipinski definition) is 4. The first kappa shape index (κ1) is 17.2. The molecule has 0 heterocycles. The summed E-state index contributed by atoms with van der Waals surface area (Å²) < 4.78 is 61.0. The molecule has 0 aliphatic carbocycles. The summed E-state index contributed by atoms with van der Waals surface area (Å²) in [7, 11) is -1.36. The number of carboxylic acids is 1. The van der Waals surface area contributed by atoms with Gasteiger partial charge in [-0.25, -0.2) is 17.5 Å². The van der Waals surface area contributed by atoms with Crippen LogP contribution in [0.15, 0.2) is 23.1 Å². The average molecular weight is 326 g/mol. The lowest BCUT2D eigenvalue weighted by molar-refractivity contribution is -0.115. The van der Waals surface area contributed by atoms with E-state index in [1.165, 1.54) is 14.1 Å². The van der Waals surface area contributed by atoms with Gasteiger partial charge in [-0.1, -0.05) is 0 Å². The molecule has 10 heteroatoms. The van der Waals surface area contributed by atoms with Crippen molar-refractivity contribution in [1.82, 2.24) is 4.31 Å². The number of hydrogen-bond donors (Lipinski definition) is 2. The van der Waals surface area contributed by atoms with Crippen molar-refractivity contribution in [1.29, 1.82) is 0 Å². The first-order chi connectivity index (χ1) is 9.45. The SMILES string of the molecule is CN(C)S(=O)(=O)c1ccc(NCC(F)(F)F)c(C(=O)O)c1. The van der Waals surface area contributed by atoms with Gasteiger partial charge in [0.25, 0.3) is 0 Å². The number of rotatable bonds is 5. The van der Waals surface area contributed by atoms with Crippen molar-refractivity contribution in [2.75, 3.05) is 26.0 Å². The Labute approximate surface area is 119 Å². The monoisotopic (exact) mass is 326 g/mol. The van der Waals surface area contributed by atoms with Gasteiger partial charge in [0.2, 0.25) is 10.0 Å². The third-order valence-electron chi connectivity index (χ3n) is 2.48. The second-order valence-corrected chi connectivity index (χ2v) is 6.42. The molecule has 1 rings (SSSR count). The van der Waals surface area contributed by atoms with Crippen LogP contribution < -0.4 is 5.32 Å². The van der Waals surface area contributed by atoms with Gasteiger partial charge in [-0.2, -0.15) is 13.2 Å². The quantitative estimate of drug-likeness (QED) is 0.858. The predicted molar refractivity (Wildman–Crippen MR) is 68.8 cm³/mol. The van der Waals surface area contributed by atoms with Crippen LogP contribution in [0, 0.1) is 0 Å². The van der Waals surface area contributed by atoms with Crippen LogP contribution in [-0.4, -0.2) is 50.6 Å². The van der Waals surface area contributed by atoms with E-state index in [0.717, 1.165) is 22.5 Å². The second kappa shape index (κ2) is 5.90. The van der Waals surface area contributed by atoms with Gasteiger partial charge in [-0.3, -0.25) is 0 Å². The highest BCUT2D eigenvalue weighted by molar-refractivity contribution is 7.89. The Balaban J connectivity index is 3.23. The van der Waals surface area contributed by atoms with Crippen molar-refractivity contribution in [2.24, 2.45) is 0 Å². The molecule has 0 saturated heterocycles. The standard InChI is InChI=1S/C11H13F3N2O4S/c1-16(2)21(19,20)7-3-4-9(8(5-7)10(17)18)15-6-11(12,13)14/h3-5,15H,6H2,1-2H3,(H,17,18). The molecule has 1 aromatic carbocycles. The van der Waals surface area contributed by atoms with Gasteiger partial charge in [0.05, 0.1) is 10.5 Å². The third kappa shape index (κ3) is 4.33. The van der Waals surface area contributed by atoms with E-state index in [4.69, 9.17) is 5.11 Å². The molecule has 118 valence electrons.